The number of benzene rings is 1. The van der Waals surface area contributed by atoms with Crippen molar-refractivity contribution < 1.29 is 9.72 Å². The maximum atomic E-state index is 12.0. The average molecular weight is 274 g/mol. The van der Waals surface area contributed by atoms with E-state index in [2.05, 4.69) is 10.6 Å². The molecule has 2 rings (SSSR count). The topological polar surface area (TPSA) is 108 Å². The van der Waals surface area contributed by atoms with Gasteiger partial charge in [0.2, 0.25) is 5.91 Å². The molecular formula is C13H14N4O3. The lowest BCUT2D eigenvalue weighted by Crippen LogP contribution is -2.43. The van der Waals surface area contributed by atoms with Gasteiger partial charge in [0.25, 0.3) is 5.69 Å². The van der Waals surface area contributed by atoms with E-state index in [1.165, 1.54) is 12.1 Å². The van der Waals surface area contributed by atoms with E-state index in [4.69, 9.17) is 5.26 Å². The highest BCUT2D eigenvalue weighted by molar-refractivity contribution is 5.96. The highest BCUT2D eigenvalue weighted by atomic mass is 16.6. The van der Waals surface area contributed by atoms with E-state index >= 15 is 0 Å². The van der Waals surface area contributed by atoms with Crippen molar-refractivity contribution in [2.45, 2.75) is 25.3 Å². The summed E-state index contributed by atoms with van der Waals surface area (Å²) >= 11 is 0. The summed E-state index contributed by atoms with van der Waals surface area (Å²) in [6.45, 7) is 0.771. The summed E-state index contributed by atoms with van der Waals surface area (Å²) in [5, 5.41) is 25.4. The van der Waals surface area contributed by atoms with Crippen molar-refractivity contribution in [3.63, 3.8) is 0 Å². The van der Waals surface area contributed by atoms with Gasteiger partial charge in [-0.1, -0.05) is 6.42 Å². The van der Waals surface area contributed by atoms with E-state index in [-0.39, 0.29) is 28.9 Å². The molecule has 1 aromatic carbocycles. The fourth-order valence-corrected chi connectivity index (χ4v) is 2.15. The lowest BCUT2D eigenvalue weighted by atomic mass is 10.0. The van der Waals surface area contributed by atoms with Crippen LogP contribution in [0.2, 0.25) is 0 Å². The maximum Gasteiger partial charge on any atom is 0.294 e. The van der Waals surface area contributed by atoms with Gasteiger partial charge in [-0.3, -0.25) is 14.9 Å². The number of nitrogens with one attached hydrogen (secondary N) is 2. The van der Waals surface area contributed by atoms with Crippen LogP contribution >= 0.6 is 0 Å². The number of amides is 1. The van der Waals surface area contributed by atoms with Crippen LogP contribution in [0.1, 0.15) is 24.8 Å². The standard InChI is InChI=1S/C13H14N4O3/c14-8-9-4-5-10(12(7-9)17(19)20)16-13(18)11-3-1-2-6-15-11/h4-5,7,11,15H,1-3,6H2,(H,16,18). The molecule has 2 N–H and O–H groups in total. The van der Waals surface area contributed by atoms with E-state index in [1.54, 1.807) is 0 Å². The summed E-state index contributed by atoms with van der Waals surface area (Å²) < 4.78 is 0. The van der Waals surface area contributed by atoms with Crippen molar-refractivity contribution in [1.29, 1.82) is 5.26 Å². The average Bonchev–Trinajstić information content (AvgIpc) is 2.48. The number of nitro groups is 1. The number of nitriles is 1. The molecule has 0 aromatic heterocycles. The van der Waals surface area contributed by atoms with Gasteiger partial charge in [0, 0.05) is 6.07 Å². The molecule has 0 saturated carbocycles. The van der Waals surface area contributed by atoms with Crippen molar-refractivity contribution in [2.75, 3.05) is 11.9 Å². The van der Waals surface area contributed by atoms with Crippen LogP contribution in [0.4, 0.5) is 11.4 Å². The smallest absolute Gasteiger partial charge is 0.294 e. The first-order valence-corrected chi connectivity index (χ1v) is 6.34. The van der Waals surface area contributed by atoms with E-state index < -0.39 is 4.92 Å². The van der Waals surface area contributed by atoms with Crippen LogP contribution in [0.3, 0.4) is 0 Å². The third kappa shape index (κ3) is 3.10. The largest absolute Gasteiger partial charge is 0.319 e. The fourth-order valence-electron chi connectivity index (χ4n) is 2.15. The molecule has 1 aliphatic heterocycles. The van der Waals surface area contributed by atoms with E-state index in [0.717, 1.165) is 31.9 Å². The third-order valence-corrected chi connectivity index (χ3v) is 3.21. The quantitative estimate of drug-likeness (QED) is 0.642. The van der Waals surface area contributed by atoms with E-state index in [9.17, 15) is 14.9 Å². The summed E-state index contributed by atoms with van der Waals surface area (Å²) in [4.78, 5) is 22.4. The van der Waals surface area contributed by atoms with Crippen LogP contribution in [0, 0.1) is 21.4 Å². The minimum atomic E-state index is -0.606. The molecule has 1 atom stereocenters. The molecule has 1 aliphatic rings. The van der Waals surface area contributed by atoms with Gasteiger partial charge >= 0.3 is 0 Å². The molecule has 0 radical (unpaired) electrons. The molecule has 0 spiro atoms. The van der Waals surface area contributed by atoms with Crippen molar-refractivity contribution in [1.82, 2.24) is 5.32 Å². The van der Waals surface area contributed by atoms with Crippen molar-refractivity contribution in [3.8, 4) is 6.07 Å². The van der Waals surface area contributed by atoms with Crippen LogP contribution in [-0.2, 0) is 4.79 Å². The molecule has 1 fully saturated rings. The summed E-state index contributed by atoms with van der Waals surface area (Å²) in [5.74, 6) is -0.280. The molecule has 1 unspecified atom stereocenters. The number of carbonyl (C=O) groups is 1. The minimum Gasteiger partial charge on any atom is -0.319 e. The second-order valence-electron chi connectivity index (χ2n) is 4.59. The number of hydrogen-bond donors (Lipinski definition) is 2. The Kier molecular flexibility index (Phi) is 4.27. The Labute approximate surface area is 115 Å². The number of hydrogen-bond acceptors (Lipinski definition) is 5. The van der Waals surface area contributed by atoms with Gasteiger partial charge in [-0.2, -0.15) is 5.26 Å². The van der Waals surface area contributed by atoms with Crippen LogP contribution in [0.15, 0.2) is 18.2 Å². The molecule has 20 heavy (non-hydrogen) atoms. The Balaban J connectivity index is 2.18. The summed E-state index contributed by atoms with van der Waals surface area (Å²) in [6, 6.07) is 5.50. The van der Waals surface area contributed by atoms with Crippen molar-refractivity contribution in [2.24, 2.45) is 0 Å². The normalized spacial score (nSPS) is 18.1. The number of rotatable bonds is 3. The second-order valence-corrected chi connectivity index (χ2v) is 4.59. The number of piperidine rings is 1. The molecule has 1 saturated heterocycles. The monoisotopic (exact) mass is 274 g/mol. The Morgan fingerprint density at radius 2 is 2.30 bits per heavy atom. The Bertz CT molecular complexity index is 573. The van der Waals surface area contributed by atoms with Crippen LogP contribution in [-0.4, -0.2) is 23.4 Å². The van der Waals surface area contributed by atoms with Crippen molar-refractivity contribution in [3.05, 3.63) is 33.9 Å². The highest BCUT2D eigenvalue weighted by Crippen LogP contribution is 2.25. The van der Waals surface area contributed by atoms with Gasteiger partial charge < -0.3 is 10.6 Å². The number of carbonyl (C=O) groups excluding carboxylic acids is 1. The van der Waals surface area contributed by atoms with E-state index in [0.29, 0.717) is 0 Å². The number of nitro benzene ring substituents is 1. The number of nitrogens with zero attached hydrogens (tertiary/aromatic N) is 2. The molecule has 1 heterocycles. The zero-order valence-electron chi connectivity index (χ0n) is 10.8. The van der Waals surface area contributed by atoms with Gasteiger partial charge in [-0.15, -0.1) is 0 Å². The molecule has 7 nitrogen and oxygen atoms in total. The Morgan fingerprint density at radius 1 is 1.50 bits per heavy atom. The second kappa shape index (κ2) is 6.12. The lowest BCUT2D eigenvalue weighted by molar-refractivity contribution is -0.383. The molecule has 0 aliphatic carbocycles. The minimum absolute atomic E-state index is 0.117. The predicted molar refractivity (Wildman–Crippen MR) is 72.1 cm³/mol. The zero-order chi connectivity index (χ0) is 14.5. The molecule has 104 valence electrons. The van der Waals surface area contributed by atoms with Gasteiger partial charge in [0.1, 0.15) is 5.69 Å². The van der Waals surface area contributed by atoms with Crippen LogP contribution < -0.4 is 10.6 Å². The highest BCUT2D eigenvalue weighted by Gasteiger charge is 2.23. The molecule has 0 bridgehead atoms. The van der Waals surface area contributed by atoms with Gasteiger partial charge in [0.15, 0.2) is 0 Å². The maximum absolute atomic E-state index is 12.0. The first kappa shape index (κ1) is 14.0. The Hall–Kier alpha value is -2.46. The van der Waals surface area contributed by atoms with Gasteiger partial charge in [-0.25, -0.2) is 0 Å². The molecule has 1 amide bonds. The number of anilines is 1. The predicted octanol–water partition coefficient (Wildman–Crippen LogP) is 1.55. The molecular weight excluding hydrogens is 260 g/mol. The summed E-state index contributed by atoms with van der Waals surface area (Å²) in [5.41, 5.74) is 0.0325. The third-order valence-electron chi connectivity index (χ3n) is 3.21. The molecule has 1 aromatic rings. The zero-order valence-corrected chi connectivity index (χ0v) is 10.8. The van der Waals surface area contributed by atoms with Crippen LogP contribution in [0.25, 0.3) is 0 Å². The van der Waals surface area contributed by atoms with E-state index in [1.807, 2.05) is 6.07 Å². The Morgan fingerprint density at radius 3 is 2.90 bits per heavy atom. The summed E-state index contributed by atoms with van der Waals surface area (Å²) in [7, 11) is 0. The van der Waals surface area contributed by atoms with Crippen molar-refractivity contribution >= 4 is 17.3 Å². The SMILES string of the molecule is N#Cc1ccc(NC(=O)C2CCCCN2)c([N+](=O)[O-])c1. The molecule has 7 heteroatoms. The van der Waals surface area contributed by atoms with Gasteiger partial charge in [0.05, 0.1) is 22.6 Å². The van der Waals surface area contributed by atoms with Gasteiger partial charge in [-0.05, 0) is 31.5 Å². The van der Waals surface area contributed by atoms with Crippen LogP contribution in [0.5, 0.6) is 0 Å². The fraction of sp³-hybridized carbons (Fsp3) is 0.385. The lowest BCUT2D eigenvalue weighted by Gasteiger charge is -2.22. The summed E-state index contributed by atoms with van der Waals surface area (Å²) in [6.07, 6.45) is 2.71. The first-order chi connectivity index (χ1) is 9.61. The first-order valence-electron chi connectivity index (χ1n) is 6.34.